The molecular formula is C125H216N4O9SSi2. The molecule has 141 heavy (non-hydrogen) atoms. The van der Waals surface area contributed by atoms with Crippen LogP contribution in [0, 0.1) is 196 Å². The van der Waals surface area contributed by atoms with Gasteiger partial charge in [0.1, 0.15) is 0 Å². The molecule has 15 fully saturated rings. The quantitative estimate of drug-likeness (QED) is 0.0473. The highest BCUT2D eigenvalue weighted by atomic mass is 32.2. The molecule has 15 saturated carbocycles. The molecule has 0 aliphatic heterocycles. The average molecular weight is 2010 g/mol. The maximum Gasteiger partial charge on any atom is 0.264 e. The number of aliphatic hydroxyl groups is 4. The molecule has 16 heteroatoms. The summed E-state index contributed by atoms with van der Waals surface area (Å²) in [4.78, 5) is 0. The standard InChI is InChI=1S/C28H52O4SSi.C27H50O2Si.C25H40N2.C24H38N2O.C21H36O2/c1-20-13-15-28(7,22(17-20)18-32-34(9,10)26(3,4)5)25-14-16-27(6)21(2)11-12-24(27)23(25)19-31-33(8,29)30;1-19-12-14-27(7,21(16-19)18-29-30(8,9)25(3,4)5)24-13-15-26(6)20(2)10-11-23(26)22(24)17-28;1-6-20-16-18(2)10-12-25(20,5)23-11-13-24(4)19(3)8-9-22(24)21(23)17-27-15-7-14-26-27;1-5-18-15-19(27)9-11-24(18,4)22-10-12-23(3)17(2)7-8-21(23)20(22)16-26-14-6-13-25-26;1-14-7-9-21(4,16(11-14)12-22)19-8-10-20(3)15(2)5-6-18(20)17(19)13-23/h20,22-25H,2,11-19H2,1,3-10H3;19,21-24,28H,2,10-18H2,1,3-9H3;7,14-15,18,20-23H,3,6,8-13,16-17H2,1-2,4-5H3;6,13-14,18-22,27H,2,5,7-12,15-16H2,1,3-4H3;14,16-19,22-23H,2,5-13H2,1,3-4H3/t20-,22+,23-,24-,25-,27+,28-;19-,21+,22-,23-,24-,26+,27-;18-,20-,21-,22-,23-,24+,25-;18-,19-,20-,21-,22-,23+,24-;14-,16+,17-,18-,19-,20+,21-/m00000/s1. The van der Waals surface area contributed by atoms with Gasteiger partial charge in [-0.15, -0.1) is 0 Å². The minimum atomic E-state index is -3.47. The Morgan fingerprint density at radius 1 is 0.369 bits per heavy atom. The van der Waals surface area contributed by atoms with Crippen molar-refractivity contribution in [3.63, 3.8) is 0 Å². The van der Waals surface area contributed by atoms with Crippen molar-refractivity contribution >= 4 is 26.8 Å². The largest absolute Gasteiger partial charge is 0.417 e. The highest BCUT2D eigenvalue weighted by molar-refractivity contribution is 7.86. The van der Waals surface area contributed by atoms with Crippen molar-refractivity contribution < 1.29 is 41.9 Å². The van der Waals surface area contributed by atoms with E-state index in [4.69, 9.17) is 13.0 Å². The van der Waals surface area contributed by atoms with Crippen LogP contribution >= 0.6 is 0 Å². The van der Waals surface area contributed by atoms with Crippen LogP contribution < -0.4 is 0 Å². The second-order valence-electron chi connectivity index (χ2n) is 57.8. The van der Waals surface area contributed by atoms with Crippen LogP contribution in [0.1, 0.15) is 390 Å². The predicted molar refractivity (Wildman–Crippen MR) is 594 cm³/mol. The molecule has 0 spiro atoms. The van der Waals surface area contributed by atoms with Crippen LogP contribution in [0.2, 0.25) is 36.3 Å². The van der Waals surface area contributed by atoms with Gasteiger partial charge in [-0.25, -0.2) is 0 Å². The van der Waals surface area contributed by atoms with Crippen molar-refractivity contribution in [3.8, 4) is 0 Å². The molecule has 35 atom stereocenters. The molecule has 0 radical (unpaired) electrons. The first kappa shape index (κ1) is 115. The molecular weight excluding hydrogens is 1790 g/mol. The summed E-state index contributed by atoms with van der Waals surface area (Å²) in [5.74, 6) is 15.1. The summed E-state index contributed by atoms with van der Waals surface area (Å²) >= 11 is 0. The molecule has 804 valence electrons. The van der Waals surface area contributed by atoms with E-state index in [1.165, 1.54) is 214 Å². The van der Waals surface area contributed by atoms with Gasteiger partial charge in [-0.2, -0.15) is 18.6 Å². The molecule has 2 heterocycles. The van der Waals surface area contributed by atoms with Crippen LogP contribution in [0.3, 0.4) is 0 Å². The molecule has 0 saturated heterocycles. The normalized spacial score (nSPS) is 44.3. The summed E-state index contributed by atoms with van der Waals surface area (Å²) in [6.07, 6.45) is 55.0. The Balaban J connectivity index is 0.000000149. The zero-order valence-electron chi connectivity index (χ0n) is 95.8. The maximum atomic E-state index is 12.0. The van der Waals surface area contributed by atoms with Crippen molar-refractivity contribution in [2.24, 2.45) is 196 Å². The Morgan fingerprint density at radius 3 is 0.929 bits per heavy atom. The summed E-state index contributed by atoms with van der Waals surface area (Å²) in [6.45, 7) is 90.2. The lowest BCUT2D eigenvalue weighted by molar-refractivity contribution is -0.0927. The number of aromatic nitrogens is 4. The topological polar surface area (TPSA) is 178 Å². The molecule has 4 N–H and O–H groups in total. The van der Waals surface area contributed by atoms with E-state index in [0.29, 0.717) is 131 Å². The van der Waals surface area contributed by atoms with Crippen LogP contribution in [0.5, 0.6) is 0 Å². The van der Waals surface area contributed by atoms with E-state index >= 15 is 0 Å². The van der Waals surface area contributed by atoms with Gasteiger partial charge in [0.2, 0.25) is 0 Å². The molecule has 0 aromatic carbocycles. The van der Waals surface area contributed by atoms with Crippen molar-refractivity contribution in [3.05, 3.63) is 97.7 Å². The lowest BCUT2D eigenvalue weighted by Gasteiger charge is -2.57. The Kier molecular flexibility index (Phi) is 36.4. The first-order chi connectivity index (χ1) is 65.8. The van der Waals surface area contributed by atoms with E-state index < -0.39 is 26.8 Å². The van der Waals surface area contributed by atoms with Crippen LogP contribution in [-0.4, -0.2) is 117 Å². The number of hydrogen-bond acceptors (Lipinski definition) is 11. The predicted octanol–water partition coefficient (Wildman–Crippen LogP) is 31.5. The fourth-order valence-electron chi connectivity index (χ4n) is 36.3. The van der Waals surface area contributed by atoms with E-state index in [2.05, 4.69) is 255 Å². The second kappa shape index (κ2) is 44.5. The van der Waals surface area contributed by atoms with Crippen molar-refractivity contribution in [2.75, 3.05) is 45.9 Å². The summed E-state index contributed by atoms with van der Waals surface area (Å²) in [6, 6.07) is 4.14. The number of fused-ring (bicyclic) bond motifs is 5. The Hall–Kier alpha value is -2.78. The monoisotopic (exact) mass is 2010 g/mol. The van der Waals surface area contributed by atoms with Gasteiger partial charge in [-0.05, 0) is 444 Å². The Morgan fingerprint density at radius 2 is 0.638 bits per heavy atom. The summed E-state index contributed by atoms with van der Waals surface area (Å²) < 4.78 is 47.7. The maximum absolute atomic E-state index is 12.0. The molecule has 17 rings (SSSR count). The first-order valence-corrected chi connectivity index (χ1v) is 66.4. The van der Waals surface area contributed by atoms with Gasteiger partial charge in [0, 0.05) is 70.9 Å². The average Bonchev–Trinajstić information content (AvgIpc) is 1.65. The van der Waals surface area contributed by atoms with E-state index in [9.17, 15) is 28.8 Å². The molecule has 15 aliphatic carbocycles. The molecule has 2 aromatic rings. The molecule has 2 aromatic heterocycles. The third-order valence-electron chi connectivity index (χ3n) is 48.8. The SMILES string of the molecule is C=C1CC[C@H]2[C@H](CO)[C@@H]([C@@]3(C)CC[C@H](C)C[C@@H]3CO)CC[C@]12C.C=C1CC[C@H]2[C@H](CO)[C@@H]([C@@]3(C)CC[C@H](C)C[C@@H]3CO[Si](C)(C)C(C)(C)C)CC[C@]12C.C=C1CC[C@H]2[C@H](COS(C)(=O)=O)[C@@H]([C@@]3(C)CC[C@H](C)C[C@@H]3CO[Si](C)(C)C(C)(C)C)CC[C@]12C.C=C1CC[C@H]2[C@H](Cn3cccn3)[C@@H]([C@@]3(C)CC[C@H](C)C[C@@H]3CC)CC[C@]12C.C=C1CC[C@H]2[C@H](Cn3cccn3)[C@@H]([C@@]3(C)CC[C@H](O)C[C@@H]3CC)CC[C@]12C. The number of rotatable bonds is 23. The fraction of sp³-hybridized carbons (Fsp3) is 0.872. The number of nitrogens with zero attached hydrogens (tertiary/aromatic N) is 4. The number of allylic oxidation sites excluding steroid dienone is 5. The zero-order valence-corrected chi connectivity index (χ0v) is 98.6. The molecule has 13 nitrogen and oxygen atoms in total. The van der Waals surface area contributed by atoms with Crippen LogP contribution in [0.4, 0.5) is 0 Å². The van der Waals surface area contributed by atoms with Crippen molar-refractivity contribution in [1.29, 1.82) is 0 Å². The number of aliphatic hydroxyl groups excluding tert-OH is 4. The third kappa shape index (κ3) is 23.0. The van der Waals surface area contributed by atoms with E-state index in [0.717, 1.165) is 137 Å². The molecule has 15 aliphatic rings. The van der Waals surface area contributed by atoms with Gasteiger partial charge in [0.25, 0.3) is 10.1 Å². The third-order valence-corrected chi connectivity index (χ3v) is 58.4. The molecule has 0 unspecified atom stereocenters. The van der Waals surface area contributed by atoms with Gasteiger partial charge in [-0.3, -0.25) is 13.5 Å². The minimum absolute atomic E-state index is 0.0901. The van der Waals surface area contributed by atoms with Gasteiger partial charge < -0.3 is 29.3 Å². The highest BCUT2D eigenvalue weighted by Crippen LogP contribution is 2.71. The van der Waals surface area contributed by atoms with Gasteiger partial charge in [0.15, 0.2) is 16.6 Å². The zero-order chi connectivity index (χ0) is 104. The van der Waals surface area contributed by atoms with Gasteiger partial charge >= 0.3 is 0 Å². The van der Waals surface area contributed by atoms with Crippen LogP contribution in [0.25, 0.3) is 0 Å². The smallest absolute Gasteiger partial charge is 0.264 e. The summed E-state index contributed by atoms with van der Waals surface area (Å²) in [7, 11) is -7.06. The van der Waals surface area contributed by atoms with E-state index in [1.54, 1.807) is 0 Å². The molecule has 0 amide bonds. The van der Waals surface area contributed by atoms with Gasteiger partial charge in [-0.1, -0.05) is 252 Å². The van der Waals surface area contributed by atoms with Crippen molar-refractivity contribution in [1.82, 2.24) is 19.6 Å². The molecule has 0 bridgehead atoms. The Bertz CT molecular complexity index is 4490. The second-order valence-corrected chi connectivity index (χ2v) is 69.1. The summed E-state index contributed by atoms with van der Waals surface area (Å²) in [5, 5.41) is 50.9. The van der Waals surface area contributed by atoms with Gasteiger partial charge in [0.05, 0.1) is 19.0 Å². The Labute approximate surface area is 867 Å². The highest BCUT2D eigenvalue weighted by Gasteiger charge is 2.64. The van der Waals surface area contributed by atoms with E-state index in [1.807, 2.05) is 12.4 Å². The van der Waals surface area contributed by atoms with Crippen LogP contribution in [0.15, 0.2) is 97.7 Å². The lowest BCUT2D eigenvalue weighted by atomic mass is 9.48. The van der Waals surface area contributed by atoms with Crippen LogP contribution in [-0.2, 0) is 36.2 Å². The first-order valence-electron chi connectivity index (χ1n) is 58.8. The number of hydrogen-bond donors (Lipinski definition) is 4. The lowest BCUT2D eigenvalue weighted by Crippen LogP contribution is -2.52. The van der Waals surface area contributed by atoms with Crippen molar-refractivity contribution in [2.45, 2.75) is 445 Å². The van der Waals surface area contributed by atoms with E-state index in [-0.39, 0.29) is 54.6 Å². The minimum Gasteiger partial charge on any atom is -0.417 e. The fourth-order valence-corrected chi connectivity index (χ4v) is 38.8. The summed E-state index contributed by atoms with van der Waals surface area (Å²) in [5.41, 5.74) is 10.0.